The van der Waals surface area contributed by atoms with E-state index in [1.807, 2.05) is 54.9 Å². The second kappa shape index (κ2) is 9.27. The summed E-state index contributed by atoms with van der Waals surface area (Å²) >= 11 is 0. The van der Waals surface area contributed by atoms with Crippen LogP contribution in [0.15, 0.2) is 85.3 Å². The minimum Gasteiger partial charge on any atom is -0.353 e. The molecule has 1 aliphatic rings. The Morgan fingerprint density at radius 3 is 2.66 bits per heavy atom. The second-order valence-corrected chi connectivity index (χ2v) is 9.93. The zero-order valence-electron chi connectivity index (χ0n) is 20.7. The lowest BCUT2D eigenvalue weighted by Crippen LogP contribution is -2.20. The number of nitrogens with one attached hydrogen (secondary N) is 3. The van der Waals surface area contributed by atoms with Crippen LogP contribution in [0.2, 0.25) is 0 Å². The first-order valence-corrected chi connectivity index (χ1v) is 13.0. The van der Waals surface area contributed by atoms with Crippen LogP contribution < -0.4 is 5.32 Å². The van der Waals surface area contributed by atoms with Crippen LogP contribution in [-0.4, -0.2) is 31.1 Å². The van der Waals surface area contributed by atoms with Crippen molar-refractivity contribution in [2.24, 2.45) is 5.92 Å². The highest BCUT2D eigenvalue weighted by Gasteiger charge is 2.23. The quantitative estimate of drug-likeness (QED) is 0.239. The minimum atomic E-state index is 0.0953. The highest BCUT2D eigenvalue weighted by Crippen LogP contribution is 2.35. The van der Waals surface area contributed by atoms with Crippen LogP contribution in [0.5, 0.6) is 0 Å². The Balaban J connectivity index is 1.25. The van der Waals surface area contributed by atoms with Crippen LogP contribution in [0.3, 0.4) is 0 Å². The SMILES string of the molecule is O=C(Nc1cncc(-c2ccc3[nH]nc(-c4cc5c(-c6ccccn6)cccc5[nH]4)c3c2)c1)C1CCCC1. The van der Waals surface area contributed by atoms with Crippen molar-refractivity contribution in [1.82, 2.24) is 25.1 Å². The third-order valence-corrected chi connectivity index (χ3v) is 7.49. The molecule has 38 heavy (non-hydrogen) atoms. The molecule has 7 heteroatoms. The van der Waals surface area contributed by atoms with Crippen molar-refractivity contribution in [2.45, 2.75) is 25.7 Å². The largest absolute Gasteiger partial charge is 0.353 e. The number of amides is 1. The molecule has 6 aromatic rings. The number of anilines is 1. The van der Waals surface area contributed by atoms with Crippen LogP contribution in [-0.2, 0) is 4.79 Å². The maximum absolute atomic E-state index is 12.6. The summed E-state index contributed by atoms with van der Waals surface area (Å²) in [5, 5.41) is 13.0. The first-order chi connectivity index (χ1) is 18.7. The number of rotatable bonds is 5. The van der Waals surface area contributed by atoms with E-state index in [-0.39, 0.29) is 11.8 Å². The third-order valence-electron chi connectivity index (χ3n) is 7.49. The fourth-order valence-corrected chi connectivity index (χ4v) is 5.53. The smallest absolute Gasteiger partial charge is 0.227 e. The van der Waals surface area contributed by atoms with Gasteiger partial charge in [-0.15, -0.1) is 0 Å². The fourth-order valence-electron chi connectivity index (χ4n) is 5.53. The first kappa shape index (κ1) is 22.4. The summed E-state index contributed by atoms with van der Waals surface area (Å²) in [4.78, 5) is 25.1. The Kier molecular flexibility index (Phi) is 5.47. The van der Waals surface area contributed by atoms with Gasteiger partial charge < -0.3 is 10.3 Å². The van der Waals surface area contributed by atoms with Gasteiger partial charge in [-0.2, -0.15) is 5.10 Å². The molecule has 0 aliphatic heterocycles. The number of carbonyl (C=O) groups excluding carboxylic acids is 1. The summed E-state index contributed by atoms with van der Waals surface area (Å²) in [6.45, 7) is 0. The van der Waals surface area contributed by atoms with Crippen LogP contribution in [0.25, 0.3) is 55.6 Å². The fraction of sp³-hybridized carbons (Fsp3) is 0.161. The first-order valence-electron chi connectivity index (χ1n) is 13.0. The molecular formula is C31H26N6O. The van der Waals surface area contributed by atoms with Gasteiger partial charge in [-0.3, -0.25) is 19.9 Å². The van der Waals surface area contributed by atoms with Gasteiger partial charge in [0.25, 0.3) is 0 Å². The average molecular weight is 499 g/mol. The van der Waals surface area contributed by atoms with E-state index in [1.54, 1.807) is 6.20 Å². The maximum atomic E-state index is 12.6. The molecule has 4 aromatic heterocycles. The van der Waals surface area contributed by atoms with E-state index in [0.29, 0.717) is 0 Å². The van der Waals surface area contributed by atoms with Crippen LogP contribution in [0.4, 0.5) is 5.69 Å². The zero-order valence-corrected chi connectivity index (χ0v) is 20.7. The lowest BCUT2D eigenvalue weighted by Gasteiger charge is -2.11. The van der Waals surface area contributed by atoms with Gasteiger partial charge in [-0.1, -0.05) is 37.1 Å². The molecule has 7 nitrogen and oxygen atoms in total. The molecule has 2 aromatic carbocycles. The van der Waals surface area contributed by atoms with Crippen molar-refractivity contribution in [3.8, 4) is 33.8 Å². The van der Waals surface area contributed by atoms with E-state index in [9.17, 15) is 4.79 Å². The van der Waals surface area contributed by atoms with Crippen molar-refractivity contribution in [3.05, 3.63) is 85.3 Å². The number of benzene rings is 2. The Morgan fingerprint density at radius 2 is 1.79 bits per heavy atom. The maximum Gasteiger partial charge on any atom is 0.227 e. The van der Waals surface area contributed by atoms with E-state index in [4.69, 9.17) is 0 Å². The molecular weight excluding hydrogens is 472 g/mol. The number of carbonyl (C=O) groups is 1. The Hall–Kier alpha value is -4.78. The van der Waals surface area contributed by atoms with Crippen molar-refractivity contribution in [2.75, 3.05) is 5.32 Å². The molecule has 0 saturated heterocycles. The molecule has 1 fully saturated rings. The van der Waals surface area contributed by atoms with Gasteiger partial charge in [-0.05, 0) is 60.9 Å². The third kappa shape index (κ3) is 4.02. The molecule has 7 rings (SSSR count). The van der Waals surface area contributed by atoms with Crippen LogP contribution in [0, 0.1) is 5.92 Å². The molecule has 0 atom stereocenters. The standard InChI is InChI=1S/C31H26N6O/c38-31(19-6-1-2-7-19)34-22-14-21(17-32-18-22)20-11-12-28-25(15-20)30(37-36-28)29-16-24-23(8-5-10-27(24)35-29)26-9-3-4-13-33-26/h3-5,8-19,35H,1-2,6-7H2,(H,34,38)(H,36,37). The normalized spacial score (nSPS) is 13.9. The molecule has 1 saturated carbocycles. The number of pyridine rings is 2. The summed E-state index contributed by atoms with van der Waals surface area (Å²) in [6, 6.07) is 22.5. The molecule has 0 unspecified atom stereocenters. The minimum absolute atomic E-state index is 0.0953. The molecule has 1 amide bonds. The molecule has 3 N–H and O–H groups in total. The number of H-pyrrole nitrogens is 2. The topological polar surface area (TPSA) is 99.3 Å². The summed E-state index contributed by atoms with van der Waals surface area (Å²) in [7, 11) is 0. The van der Waals surface area contributed by atoms with Gasteiger partial charge in [-0.25, -0.2) is 0 Å². The predicted octanol–water partition coefficient (Wildman–Crippen LogP) is 6.96. The highest BCUT2D eigenvalue weighted by atomic mass is 16.1. The summed E-state index contributed by atoms with van der Waals surface area (Å²) < 4.78 is 0. The van der Waals surface area contributed by atoms with Crippen LogP contribution in [0.1, 0.15) is 25.7 Å². The van der Waals surface area contributed by atoms with E-state index in [1.165, 1.54) is 0 Å². The number of aromatic nitrogens is 5. The molecule has 4 heterocycles. The van der Waals surface area contributed by atoms with Gasteiger partial charge in [0.2, 0.25) is 5.91 Å². The van der Waals surface area contributed by atoms with Crippen molar-refractivity contribution in [1.29, 1.82) is 0 Å². The second-order valence-electron chi connectivity index (χ2n) is 9.93. The number of fused-ring (bicyclic) bond motifs is 2. The molecule has 1 aliphatic carbocycles. The Bertz CT molecular complexity index is 1780. The molecule has 0 bridgehead atoms. The van der Waals surface area contributed by atoms with E-state index in [0.717, 1.165) is 86.9 Å². The summed E-state index contributed by atoms with van der Waals surface area (Å²) in [5.74, 6) is 0.205. The van der Waals surface area contributed by atoms with Crippen molar-refractivity contribution >= 4 is 33.4 Å². The number of hydrogen-bond acceptors (Lipinski definition) is 4. The number of nitrogens with zero attached hydrogens (tertiary/aromatic N) is 3. The van der Waals surface area contributed by atoms with Gasteiger partial charge in [0.1, 0.15) is 5.69 Å². The number of aromatic amines is 2. The lowest BCUT2D eigenvalue weighted by atomic mass is 10.0. The van der Waals surface area contributed by atoms with Crippen LogP contribution >= 0.6 is 0 Å². The van der Waals surface area contributed by atoms with Gasteiger partial charge >= 0.3 is 0 Å². The van der Waals surface area contributed by atoms with Crippen molar-refractivity contribution in [3.63, 3.8) is 0 Å². The molecule has 0 spiro atoms. The van der Waals surface area contributed by atoms with E-state index in [2.05, 4.69) is 54.7 Å². The van der Waals surface area contributed by atoms with Gasteiger partial charge in [0, 0.05) is 45.7 Å². The summed E-state index contributed by atoms with van der Waals surface area (Å²) in [6.07, 6.45) is 9.55. The summed E-state index contributed by atoms with van der Waals surface area (Å²) in [5.41, 5.74) is 8.46. The monoisotopic (exact) mass is 498 g/mol. The van der Waals surface area contributed by atoms with E-state index >= 15 is 0 Å². The Morgan fingerprint density at radius 1 is 0.868 bits per heavy atom. The molecule has 0 radical (unpaired) electrons. The average Bonchev–Trinajstić information content (AvgIpc) is 3.73. The highest BCUT2D eigenvalue weighted by molar-refractivity contribution is 6.01. The van der Waals surface area contributed by atoms with Gasteiger partial charge in [0.15, 0.2) is 0 Å². The number of hydrogen-bond donors (Lipinski definition) is 3. The predicted molar refractivity (Wildman–Crippen MR) is 150 cm³/mol. The van der Waals surface area contributed by atoms with Crippen molar-refractivity contribution < 1.29 is 4.79 Å². The molecule has 186 valence electrons. The lowest BCUT2D eigenvalue weighted by molar-refractivity contribution is -0.119. The zero-order chi connectivity index (χ0) is 25.5. The Labute approximate surface area is 219 Å². The van der Waals surface area contributed by atoms with Gasteiger partial charge in [0.05, 0.1) is 28.8 Å². The van der Waals surface area contributed by atoms with E-state index < -0.39 is 0 Å².